The molecule has 5 aromatic rings. The van der Waals surface area contributed by atoms with Gasteiger partial charge in [-0.3, -0.25) is 0 Å². The van der Waals surface area contributed by atoms with Crippen molar-refractivity contribution < 1.29 is 17.0 Å². The van der Waals surface area contributed by atoms with Crippen LogP contribution in [-0.4, -0.2) is 30.7 Å². The molecule has 4 aromatic carbocycles. The van der Waals surface area contributed by atoms with Crippen LogP contribution in [0.15, 0.2) is 101 Å². The van der Waals surface area contributed by atoms with Gasteiger partial charge in [0, 0.05) is 55.3 Å². The lowest BCUT2D eigenvalue weighted by Gasteiger charge is -2.25. The molecule has 0 saturated heterocycles. The summed E-state index contributed by atoms with van der Waals surface area (Å²) in [6, 6.07) is 32.8. The van der Waals surface area contributed by atoms with Crippen molar-refractivity contribution in [1.82, 2.24) is 4.98 Å². The zero-order valence-corrected chi connectivity index (χ0v) is 24.6. The van der Waals surface area contributed by atoms with Gasteiger partial charge in [-0.25, -0.2) is 4.98 Å². The van der Waals surface area contributed by atoms with Gasteiger partial charge in [0.25, 0.3) is 0 Å². The number of fused-ring (bicyclic) bond motifs is 2. The van der Waals surface area contributed by atoms with Crippen LogP contribution in [0.2, 0.25) is 0 Å². The molecule has 0 aliphatic rings. The van der Waals surface area contributed by atoms with Gasteiger partial charge in [-0.05, 0) is 76.2 Å². The van der Waals surface area contributed by atoms with Crippen LogP contribution in [0, 0.1) is 11.3 Å². The van der Waals surface area contributed by atoms with Crippen molar-refractivity contribution in [2.24, 2.45) is 10.2 Å². The van der Waals surface area contributed by atoms with E-state index in [0.29, 0.717) is 0 Å². The number of aromatic nitrogens is 2. The fraction of sp³-hybridized carbons (Fsp3) is 0.242. The molecule has 0 spiro atoms. The van der Waals surface area contributed by atoms with E-state index >= 15 is 0 Å². The van der Waals surface area contributed by atoms with Crippen LogP contribution in [0.5, 0.6) is 0 Å². The Morgan fingerprint density at radius 2 is 1.34 bits per heavy atom. The molecule has 8 heteroatoms. The Kier molecular flexibility index (Phi) is 9.49. The van der Waals surface area contributed by atoms with E-state index in [4.69, 9.17) is 4.98 Å². The van der Waals surface area contributed by atoms with Crippen molar-refractivity contribution in [1.29, 1.82) is 5.26 Å². The highest BCUT2D eigenvalue weighted by atomic mass is 35.5. The minimum absolute atomic E-state index is 0. The summed E-state index contributed by atoms with van der Waals surface area (Å²) in [6.07, 6.45) is 0. The summed E-state index contributed by atoms with van der Waals surface area (Å²) >= 11 is 0. The molecule has 1 atom stereocenters. The Bertz CT molecular complexity index is 1690. The Morgan fingerprint density at radius 1 is 0.756 bits per heavy atom. The van der Waals surface area contributed by atoms with Crippen LogP contribution >= 0.6 is 0 Å². The predicted molar refractivity (Wildman–Crippen MR) is 163 cm³/mol. The maximum atomic E-state index is 9.32. The normalized spacial score (nSPS) is 11.8. The van der Waals surface area contributed by atoms with Crippen LogP contribution in [0.4, 0.5) is 22.7 Å². The SMILES string of the molecule is CCN(CC)c1ccc2nc3ccc(N=Nc4ccc(N(CC)C(C)C#N)cc4)cc3[n+](-c3ccccc3)c2c1.[Cl-]. The molecule has 1 aromatic heterocycles. The number of nitriles is 1. The molecule has 7 nitrogen and oxygen atoms in total. The Morgan fingerprint density at radius 3 is 1.98 bits per heavy atom. The minimum atomic E-state index is -0.195. The third-order valence-electron chi connectivity index (χ3n) is 7.24. The van der Waals surface area contributed by atoms with Crippen molar-refractivity contribution in [3.05, 3.63) is 91.0 Å². The number of halogens is 1. The summed E-state index contributed by atoms with van der Waals surface area (Å²) in [5, 5.41) is 18.4. The van der Waals surface area contributed by atoms with Crippen LogP contribution in [0.1, 0.15) is 27.7 Å². The first-order valence-electron chi connectivity index (χ1n) is 13.8. The average Bonchev–Trinajstić information content (AvgIpc) is 3.00. The molecule has 0 amide bonds. The zero-order valence-electron chi connectivity index (χ0n) is 23.9. The summed E-state index contributed by atoms with van der Waals surface area (Å²) in [7, 11) is 0. The van der Waals surface area contributed by atoms with Gasteiger partial charge in [-0.2, -0.15) is 15.5 Å². The molecule has 0 bridgehead atoms. The van der Waals surface area contributed by atoms with Gasteiger partial charge in [-0.15, -0.1) is 4.57 Å². The largest absolute Gasteiger partial charge is 1.00 e. The van der Waals surface area contributed by atoms with Crippen molar-refractivity contribution in [2.45, 2.75) is 33.7 Å². The summed E-state index contributed by atoms with van der Waals surface area (Å²) < 4.78 is 2.26. The maximum Gasteiger partial charge on any atom is 0.239 e. The standard InChI is InChI=1S/C33H34N7.ClH/c1-5-38(6-2)29-18-20-31-33(22-29)40(28-11-9-8-10-12-28)32-21-26(15-19-30(32)35-31)37-36-25-13-16-27(17-14-25)39(7-3)24(4)23-34;/h8-22,24H,5-7H2,1-4H3;1H/q+1;/p-1. The maximum absolute atomic E-state index is 9.32. The molecule has 1 heterocycles. The molecule has 208 valence electrons. The third-order valence-corrected chi connectivity index (χ3v) is 7.24. The summed E-state index contributed by atoms with van der Waals surface area (Å²) in [4.78, 5) is 9.39. The number of benzene rings is 4. The molecule has 41 heavy (non-hydrogen) atoms. The van der Waals surface area contributed by atoms with E-state index in [9.17, 15) is 5.26 Å². The van der Waals surface area contributed by atoms with E-state index in [1.54, 1.807) is 0 Å². The Hall–Kier alpha value is -4.54. The van der Waals surface area contributed by atoms with Gasteiger partial charge < -0.3 is 22.2 Å². The molecule has 0 N–H and O–H groups in total. The monoisotopic (exact) mass is 563 g/mol. The lowest BCUT2D eigenvalue weighted by molar-refractivity contribution is -0.538. The number of para-hydroxylation sites is 1. The molecule has 5 rings (SSSR count). The highest BCUT2D eigenvalue weighted by molar-refractivity contribution is 5.85. The lowest BCUT2D eigenvalue weighted by atomic mass is 10.1. The first-order chi connectivity index (χ1) is 19.6. The molecule has 0 aliphatic carbocycles. The van der Waals surface area contributed by atoms with Gasteiger partial charge >= 0.3 is 0 Å². The van der Waals surface area contributed by atoms with Crippen molar-refractivity contribution in [3.8, 4) is 11.8 Å². The quantitative estimate of drug-likeness (QED) is 0.148. The first-order valence-corrected chi connectivity index (χ1v) is 13.8. The predicted octanol–water partition coefficient (Wildman–Crippen LogP) is 4.67. The van der Waals surface area contributed by atoms with E-state index < -0.39 is 0 Å². The van der Waals surface area contributed by atoms with Crippen LogP contribution in [-0.2, 0) is 0 Å². The van der Waals surface area contributed by atoms with Crippen molar-refractivity contribution in [2.75, 3.05) is 29.4 Å². The molecule has 0 radical (unpaired) electrons. The second kappa shape index (κ2) is 13.2. The molecular formula is C33H34ClN7. The number of azo groups is 1. The molecule has 0 fully saturated rings. The third kappa shape index (κ3) is 6.13. The topological polar surface area (TPSA) is 71.8 Å². The first kappa shape index (κ1) is 29.4. The van der Waals surface area contributed by atoms with Crippen molar-refractivity contribution in [3.63, 3.8) is 0 Å². The summed E-state index contributed by atoms with van der Waals surface area (Å²) in [5.41, 5.74) is 8.56. The molecular weight excluding hydrogens is 530 g/mol. The number of hydrogen-bond acceptors (Lipinski definition) is 6. The molecule has 0 aliphatic heterocycles. The van der Waals surface area contributed by atoms with E-state index in [1.165, 1.54) is 5.69 Å². The second-order valence-electron chi connectivity index (χ2n) is 9.61. The number of hydrogen-bond donors (Lipinski definition) is 0. The van der Waals surface area contributed by atoms with Crippen molar-refractivity contribution >= 4 is 44.8 Å². The van der Waals surface area contributed by atoms with Crippen LogP contribution in [0.3, 0.4) is 0 Å². The lowest BCUT2D eigenvalue weighted by Crippen LogP contribution is -3.00. The highest BCUT2D eigenvalue weighted by Gasteiger charge is 2.21. The van der Waals surface area contributed by atoms with E-state index in [1.807, 2.05) is 62.4 Å². The fourth-order valence-corrected chi connectivity index (χ4v) is 5.11. The molecule has 1 unspecified atom stereocenters. The van der Waals surface area contributed by atoms with Gasteiger partial charge in [0.15, 0.2) is 0 Å². The van der Waals surface area contributed by atoms with Gasteiger partial charge in [0.05, 0.1) is 17.4 Å². The highest BCUT2D eigenvalue weighted by Crippen LogP contribution is 2.27. The Labute approximate surface area is 247 Å². The molecule has 0 saturated carbocycles. The van der Waals surface area contributed by atoms with Gasteiger partial charge in [0.2, 0.25) is 16.7 Å². The smallest absolute Gasteiger partial charge is 0.239 e. The Balaban J connectivity index is 0.00000387. The van der Waals surface area contributed by atoms with Crippen LogP contribution < -0.4 is 26.8 Å². The minimum Gasteiger partial charge on any atom is -1.00 e. The van der Waals surface area contributed by atoms with E-state index in [-0.39, 0.29) is 18.4 Å². The van der Waals surface area contributed by atoms with E-state index in [2.05, 4.69) is 87.0 Å². The fourth-order valence-electron chi connectivity index (χ4n) is 5.11. The summed E-state index contributed by atoms with van der Waals surface area (Å²) in [5.74, 6) is 0. The number of rotatable bonds is 9. The van der Waals surface area contributed by atoms with Gasteiger partial charge in [0.1, 0.15) is 17.1 Å². The number of anilines is 2. The second-order valence-corrected chi connectivity index (χ2v) is 9.61. The average molecular weight is 564 g/mol. The van der Waals surface area contributed by atoms with Crippen LogP contribution in [0.25, 0.3) is 27.8 Å². The van der Waals surface area contributed by atoms with Gasteiger partial charge in [-0.1, -0.05) is 18.2 Å². The summed E-state index contributed by atoms with van der Waals surface area (Å²) in [6.45, 7) is 10.9. The zero-order chi connectivity index (χ0) is 28.1. The number of nitrogens with zero attached hydrogens (tertiary/aromatic N) is 7. The van der Waals surface area contributed by atoms with E-state index in [0.717, 1.165) is 64.5 Å².